The van der Waals surface area contributed by atoms with Gasteiger partial charge >= 0.3 is 5.97 Å². The largest absolute Gasteiger partial charge is 0.465 e. The Balaban J connectivity index is 2.07. The molecule has 21 heavy (non-hydrogen) atoms. The Labute approximate surface area is 125 Å². The van der Waals surface area contributed by atoms with E-state index in [-0.39, 0.29) is 5.97 Å². The van der Waals surface area contributed by atoms with E-state index < -0.39 is 5.92 Å². The number of esters is 1. The number of hydrogen-bond donors (Lipinski definition) is 0. The van der Waals surface area contributed by atoms with Crippen LogP contribution in [0, 0.1) is 6.92 Å². The summed E-state index contributed by atoms with van der Waals surface area (Å²) in [7, 11) is 0. The predicted octanol–water partition coefficient (Wildman–Crippen LogP) is 2.19. The second-order valence-electron chi connectivity index (χ2n) is 4.60. The third-order valence-electron chi connectivity index (χ3n) is 3.05. The van der Waals surface area contributed by atoms with E-state index in [1.54, 1.807) is 11.4 Å². The lowest BCUT2D eigenvalue weighted by molar-refractivity contribution is -0.143. The maximum Gasteiger partial charge on any atom is 0.320 e. The smallest absolute Gasteiger partial charge is 0.320 e. The Morgan fingerprint density at radius 1 is 1.48 bits per heavy atom. The minimum absolute atomic E-state index is 0.298. The third-order valence-corrected chi connectivity index (χ3v) is 4.02. The Morgan fingerprint density at radius 3 is 3.05 bits per heavy atom. The molecular formula is C14H14N4O2S. The minimum Gasteiger partial charge on any atom is -0.465 e. The van der Waals surface area contributed by atoms with Gasteiger partial charge in [0.15, 0.2) is 0 Å². The first-order valence-electron chi connectivity index (χ1n) is 6.59. The van der Waals surface area contributed by atoms with Gasteiger partial charge in [-0.2, -0.15) is 9.61 Å². The van der Waals surface area contributed by atoms with Crippen LogP contribution in [0.25, 0.3) is 4.96 Å². The van der Waals surface area contributed by atoms with Crippen molar-refractivity contribution >= 4 is 22.3 Å². The fourth-order valence-electron chi connectivity index (χ4n) is 2.15. The van der Waals surface area contributed by atoms with Crippen LogP contribution >= 0.6 is 11.3 Å². The summed E-state index contributed by atoms with van der Waals surface area (Å²) < 4.78 is 6.78. The van der Waals surface area contributed by atoms with Crippen molar-refractivity contribution in [3.63, 3.8) is 0 Å². The summed E-state index contributed by atoms with van der Waals surface area (Å²) in [5, 5.41) is 12.8. The van der Waals surface area contributed by atoms with Gasteiger partial charge in [-0.3, -0.25) is 4.79 Å². The van der Waals surface area contributed by atoms with Gasteiger partial charge < -0.3 is 4.74 Å². The summed E-state index contributed by atoms with van der Waals surface area (Å²) >= 11 is 1.34. The maximum absolute atomic E-state index is 12.4. The van der Waals surface area contributed by atoms with Crippen molar-refractivity contribution in [2.75, 3.05) is 6.61 Å². The molecule has 0 saturated heterocycles. The molecule has 0 aliphatic rings. The zero-order valence-corrected chi connectivity index (χ0v) is 12.5. The van der Waals surface area contributed by atoms with Gasteiger partial charge in [0.2, 0.25) is 4.96 Å². The van der Waals surface area contributed by atoms with Crippen LogP contribution < -0.4 is 0 Å². The van der Waals surface area contributed by atoms with E-state index in [0.29, 0.717) is 16.6 Å². The summed E-state index contributed by atoms with van der Waals surface area (Å²) in [5.74, 6) is -0.829. The first-order valence-corrected chi connectivity index (χ1v) is 7.40. The number of nitrogens with zero attached hydrogens (tertiary/aromatic N) is 4. The van der Waals surface area contributed by atoms with E-state index in [2.05, 4.69) is 15.3 Å². The molecule has 108 valence electrons. The van der Waals surface area contributed by atoms with Crippen LogP contribution in [0.1, 0.15) is 29.0 Å². The summed E-state index contributed by atoms with van der Waals surface area (Å²) in [6.07, 6.45) is 1.52. The summed E-state index contributed by atoms with van der Waals surface area (Å²) in [6, 6.07) is 7.81. The molecule has 0 amide bonds. The van der Waals surface area contributed by atoms with Crippen LogP contribution in [0.2, 0.25) is 0 Å². The van der Waals surface area contributed by atoms with Crippen LogP contribution in [0.4, 0.5) is 0 Å². The first-order chi connectivity index (χ1) is 10.2. The Kier molecular flexibility index (Phi) is 3.66. The molecule has 0 bridgehead atoms. The van der Waals surface area contributed by atoms with Crippen LogP contribution in [-0.2, 0) is 9.53 Å². The quantitative estimate of drug-likeness (QED) is 0.691. The first kappa shape index (κ1) is 13.7. The molecule has 0 aliphatic carbocycles. The molecule has 7 heteroatoms. The van der Waals surface area contributed by atoms with Gasteiger partial charge in [0, 0.05) is 0 Å². The maximum atomic E-state index is 12.4. The molecule has 0 saturated carbocycles. The van der Waals surface area contributed by atoms with E-state index in [9.17, 15) is 4.79 Å². The number of carbonyl (C=O) groups is 1. The van der Waals surface area contributed by atoms with Crippen molar-refractivity contribution in [1.82, 2.24) is 19.8 Å². The van der Waals surface area contributed by atoms with E-state index in [4.69, 9.17) is 4.74 Å². The highest BCUT2D eigenvalue weighted by atomic mass is 32.1. The minimum atomic E-state index is -0.531. The van der Waals surface area contributed by atoms with Crippen molar-refractivity contribution < 1.29 is 9.53 Å². The number of fused-ring (bicyclic) bond motifs is 1. The number of carbonyl (C=O) groups excluding carboxylic acids is 1. The van der Waals surface area contributed by atoms with E-state index >= 15 is 0 Å². The lowest BCUT2D eigenvalue weighted by Crippen LogP contribution is -2.17. The summed E-state index contributed by atoms with van der Waals surface area (Å²) in [4.78, 5) is 13.0. The van der Waals surface area contributed by atoms with Crippen LogP contribution in [0.3, 0.4) is 0 Å². The number of ether oxygens (including phenoxy) is 1. The number of benzene rings is 1. The van der Waals surface area contributed by atoms with Gasteiger partial charge in [-0.05, 0) is 19.4 Å². The molecule has 3 rings (SSSR count). The van der Waals surface area contributed by atoms with Gasteiger partial charge in [0.25, 0.3) is 0 Å². The zero-order chi connectivity index (χ0) is 14.8. The fourth-order valence-corrected chi connectivity index (χ4v) is 3.08. The predicted molar refractivity (Wildman–Crippen MR) is 78.3 cm³/mol. The van der Waals surface area contributed by atoms with E-state index in [1.807, 2.05) is 31.2 Å². The molecule has 2 aromatic heterocycles. The Morgan fingerprint density at radius 2 is 2.33 bits per heavy atom. The number of aryl methyl sites for hydroxylation is 1. The molecule has 0 fully saturated rings. The van der Waals surface area contributed by atoms with Gasteiger partial charge in [-0.25, -0.2) is 0 Å². The van der Waals surface area contributed by atoms with Crippen LogP contribution in [-0.4, -0.2) is 32.4 Å². The highest BCUT2D eigenvalue weighted by Crippen LogP contribution is 2.29. The highest BCUT2D eigenvalue weighted by molar-refractivity contribution is 7.16. The van der Waals surface area contributed by atoms with Crippen molar-refractivity contribution in [2.24, 2.45) is 0 Å². The standard InChI is InChI=1S/C14H14N4O2S/c1-3-20-13(19)11(10-6-4-5-9(2)7-10)12-17-18-8-15-16-14(18)21-12/h4-8,11H,3H2,1-2H3. The SMILES string of the molecule is CCOC(=O)C(c1cccc(C)c1)c1nn2cnnc2s1. The second kappa shape index (κ2) is 5.61. The fraction of sp³-hybridized carbons (Fsp3) is 0.286. The second-order valence-corrected chi connectivity index (χ2v) is 5.59. The van der Waals surface area contributed by atoms with Crippen molar-refractivity contribution in [3.8, 4) is 0 Å². The van der Waals surface area contributed by atoms with Crippen molar-refractivity contribution in [3.05, 3.63) is 46.7 Å². The highest BCUT2D eigenvalue weighted by Gasteiger charge is 2.28. The molecule has 0 aliphatic heterocycles. The number of rotatable bonds is 4. The van der Waals surface area contributed by atoms with E-state index in [0.717, 1.165) is 11.1 Å². The number of aromatic nitrogens is 4. The van der Waals surface area contributed by atoms with Crippen LogP contribution in [0.15, 0.2) is 30.6 Å². The third kappa shape index (κ3) is 2.64. The van der Waals surface area contributed by atoms with Crippen molar-refractivity contribution in [2.45, 2.75) is 19.8 Å². The van der Waals surface area contributed by atoms with Crippen molar-refractivity contribution in [1.29, 1.82) is 0 Å². The summed E-state index contributed by atoms with van der Waals surface area (Å²) in [6.45, 7) is 4.12. The lowest BCUT2D eigenvalue weighted by Gasteiger charge is -2.13. The molecule has 0 N–H and O–H groups in total. The molecule has 3 aromatic rings. The average molecular weight is 302 g/mol. The molecule has 0 radical (unpaired) electrons. The number of hydrogen-bond acceptors (Lipinski definition) is 6. The van der Waals surface area contributed by atoms with E-state index in [1.165, 1.54) is 17.7 Å². The molecule has 1 aromatic carbocycles. The molecule has 6 nitrogen and oxygen atoms in total. The Hall–Kier alpha value is -2.28. The molecule has 2 heterocycles. The zero-order valence-electron chi connectivity index (χ0n) is 11.7. The summed E-state index contributed by atoms with van der Waals surface area (Å²) in [5.41, 5.74) is 1.96. The molecule has 1 unspecified atom stereocenters. The van der Waals surface area contributed by atoms with Crippen LogP contribution in [0.5, 0.6) is 0 Å². The van der Waals surface area contributed by atoms with Gasteiger partial charge in [0.05, 0.1) is 6.61 Å². The average Bonchev–Trinajstić information content (AvgIpc) is 3.00. The lowest BCUT2D eigenvalue weighted by atomic mass is 9.98. The van der Waals surface area contributed by atoms with Gasteiger partial charge in [-0.1, -0.05) is 41.2 Å². The molecule has 1 atom stereocenters. The normalized spacial score (nSPS) is 12.5. The Bertz CT molecular complexity index is 751. The molecular weight excluding hydrogens is 288 g/mol. The molecule has 0 spiro atoms. The monoisotopic (exact) mass is 302 g/mol. The van der Waals surface area contributed by atoms with Gasteiger partial charge in [-0.15, -0.1) is 10.2 Å². The van der Waals surface area contributed by atoms with Gasteiger partial charge in [0.1, 0.15) is 17.3 Å². The topological polar surface area (TPSA) is 69.4 Å².